The molecule has 2 aromatic carbocycles. The molecule has 6 rings (SSSR count). The van der Waals surface area contributed by atoms with Crippen molar-refractivity contribution in [2.75, 3.05) is 10.6 Å². The van der Waals surface area contributed by atoms with E-state index in [-0.39, 0.29) is 40.4 Å². The molecular weight excluding hydrogens is 581 g/mol. The van der Waals surface area contributed by atoms with Crippen molar-refractivity contribution in [2.45, 2.75) is 32.7 Å². The number of benzene rings is 2. The predicted octanol–water partition coefficient (Wildman–Crippen LogP) is 5.19. The topological polar surface area (TPSA) is 115 Å². The lowest BCUT2D eigenvalue weighted by Gasteiger charge is -2.18. The van der Waals surface area contributed by atoms with E-state index in [9.17, 15) is 18.4 Å². The molecule has 0 bridgehead atoms. The highest BCUT2D eigenvalue weighted by Crippen LogP contribution is 2.36. The van der Waals surface area contributed by atoms with Gasteiger partial charge in [0.2, 0.25) is 11.6 Å². The summed E-state index contributed by atoms with van der Waals surface area (Å²) in [4.78, 5) is 31.6. The lowest BCUT2D eigenvalue weighted by atomic mass is 10.0. The SMILES string of the molecule is Cc1cc(Oc2c(F)cccc2F)ncc1-n1ncc(C(=O)C2=Cc3cc(F)c(N4C(=O)C(C)(C)NC4=S)cc3C2)c1N. The van der Waals surface area contributed by atoms with E-state index in [0.717, 1.165) is 17.0 Å². The minimum absolute atomic E-state index is 0.00870. The minimum Gasteiger partial charge on any atom is -0.433 e. The number of halogens is 3. The van der Waals surface area contributed by atoms with E-state index < -0.39 is 34.5 Å². The molecule has 1 amide bonds. The average Bonchev–Trinajstić information content (AvgIpc) is 3.58. The molecule has 1 aliphatic carbocycles. The van der Waals surface area contributed by atoms with Crippen LogP contribution in [0.1, 0.15) is 40.9 Å². The first-order valence-electron chi connectivity index (χ1n) is 13.0. The number of rotatable bonds is 6. The quantitative estimate of drug-likeness (QED) is 0.228. The van der Waals surface area contributed by atoms with Crippen LogP contribution in [-0.4, -0.2) is 37.1 Å². The molecule has 2 aliphatic rings. The molecule has 0 spiro atoms. The molecule has 0 atom stereocenters. The molecular formula is C30H23F3N6O3S. The molecule has 0 radical (unpaired) electrons. The number of hydrogen-bond acceptors (Lipinski definition) is 7. The first-order valence-corrected chi connectivity index (χ1v) is 13.4. The van der Waals surface area contributed by atoms with Gasteiger partial charge in [-0.05, 0) is 80.0 Å². The molecule has 4 aromatic rings. The standard InChI is InChI=1S/C30H23F3N6O3S/c1-14-7-24(42-26-19(31)5-4-6-20(26)32)35-13-23(14)39-27(34)18(12-36-39)25(40)17-8-15-10-21(33)22(11-16(15)9-17)38-28(41)30(2,3)37-29(38)43/h4-8,10-13H,9,34H2,1-3H3,(H,37,43). The van der Waals surface area contributed by atoms with Crippen LogP contribution in [0.15, 0.2) is 54.4 Å². The smallest absolute Gasteiger partial charge is 0.258 e. The Bertz CT molecular complexity index is 1900. The highest BCUT2D eigenvalue weighted by Gasteiger charge is 2.44. The van der Waals surface area contributed by atoms with Crippen LogP contribution in [-0.2, 0) is 11.2 Å². The molecule has 3 heterocycles. The fourth-order valence-electron chi connectivity index (χ4n) is 5.02. The van der Waals surface area contributed by atoms with Gasteiger partial charge in [0.05, 0.1) is 29.3 Å². The number of fused-ring (bicyclic) bond motifs is 1. The van der Waals surface area contributed by atoms with E-state index >= 15 is 4.39 Å². The molecule has 3 N–H and O–H groups in total. The summed E-state index contributed by atoms with van der Waals surface area (Å²) < 4.78 is 49.8. The van der Waals surface area contributed by atoms with Gasteiger partial charge in [-0.25, -0.2) is 22.8 Å². The number of thiocarbonyl (C=S) groups is 1. The Morgan fingerprint density at radius 1 is 1.09 bits per heavy atom. The van der Waals surface area contributed by atoms with Crippen LogP contribution in [0.2, 0.25) is 0 Å². The number of allylic oxidation sites excluding steroid dienone is 1. The van der Waals surface area contributed by atoms with Crippen molar-refractivity contribution < 1.29 is 27.5 Å². The molecule has 13 heteroatoms. The van der Waals surface area contributed by atoms with E-state index in [1.807, 2.05) is 0 Å². The molecule has 1 fully saturated rings. The Morgan fingerprint density at radius 2 is 1.81 bits per heavy atom. The van der Waals surface area contributed by atoms with Gasteiger partial charge in [0, 0.05) is 18.1 Å². The predicted molar refractivity (Wildman–Crippen MR) is 157 cm³/mol. The van der Waals surface area contributed by atoms with Gasteiger partial charge < -0.3 is 15.8 Å². The number of para-hydroxylation sites is 1. The second-order valence-corrected chi connectivity index (χ2v) is 11.1. The number of anilines is 2. The maximum Gasteiger partial charge on any atom is 0.258 e. The van der Waals surface area contributed by atoms with Crippen LogP contribution >= 0.6 is 12.2 Å². The maximum absolute atomic E-state index is 15.1. The molecule has 0 unspecified atom stereocenters. The van der Waals surface area contributed by atoms with Gasteiger partial charge in [-0.2, -0.15) is 5.10 Å². The Kier molecular flexibility index (Phi) is 6.57. The second kappa shape index (κ2) is 10.1. The summed E-state index contributed by atoms with van der Waals surface area (Å²) in [7, 11) is 0. The van der Waals surface area contributed by atoms with Crippen molar-refractivity contribution in [1.82, 2.24) is 20.1 Å². The van der Waals surface area contributed by atoms with Gasteiger partial charge in [-0.3, -0.25) is 14.5 Å². The third-order valence-corrected chi connectivity index (χ3v) is 7.56. The van der Waals surface area contributed by atoms with Crippen molar-refractivity contribution in [1.29, 1.82) is 0 Å². The van der Waals surface area contributed by atoms with Crippen LogP contribution in [0.5, 0.6) is 11.6 Å². The zero-order valence-corrected chi connectivity index (χ0v) is 23.9. The lowest BCUT2D eigenvalue weighted by Crippen LogP contribution is -2.40. The number of nitrogens with zero attached hydrogens (tertiary/aromatic N) is 4. The first kappa shape index (κ1) is 28.1. The monoisotopic (exact) mass is 604 g/mol. The Morgan fingerprint density at radius 3 is 2.47 bits per heavy atom. The number of nitrogens with one attached hydrogen (secondary N) is 1. The van der Waals surface area contributed by atoms with Gasteiger partial charge in [-0.15, -0.1) is 0 Å². The summed E-state index contributed by atoms with van der Waals surface area (Å²) in [5.74, 6) is -3.79. The molecule has 1 saturated heterocycles. The zero-order valence-electron chi connectivity index (χ0n) is 23.0. The number of carbonyl (C=O) groups is 2. The normalized spacial score (nSPS) is 15.4. The van der Waals surface area contributed by atoms with Crippen LogP contribution in [0.4, 0.5) is 24.7 Å². The van der Waals surface area contributed by atoms with Gasteiger partial charge >= 0.3 is 0 Å². The molecule has 218 valence electrons. The summed E-state index contributed by atoms with van der Waals surface area (Å²) in [5.41, 5.74) is 7.96. The number of ketones is 1. The fourth-order valence-corrected chi connectivity index (χ4v) is 5.46. The van der Waals surface area contributed by atoms with E-state index in [2.05, 4.69) is 15.4 Å². The third kappa shape index (κ3) is 4.71. The number of hydrogen-bond donors (Lipinski definition) is 2. The number of aryl methyl sites for hydroxylation is 1. The molecule has 43 heavy (non-hydrogen) atoms. The van der Waals surface area contributed by atoms with Gasteiger partial charge in [0.1, 0.15) is 17.2 Å². The largest absolute Gasteiger partial charge is 0.433 e. The number of Topliss-reactive ketones (excluding diaryl/α,β-unsaturated/α-hetero) is 1. The van der Waals surface area contributed by atoms with E-state index in [4.69, 9.17) is 22.7 Å². The number of amides is 1. The highest BCUT2D eigenvalue weighted by molar-refractivity contribution is 7.80. The van der Waals surface area contributed by atoms with Gasteiger partial charge in [0.25, 0.3) is 5.91 Å². The fraction of sp³-hybridized carbons (Fsp3) is 0.167. The van der Waals surface area contributed by atoms with Crippen molar-refractivity contribution in [3.63, 3.8) is 0 Å². The van der Waals surface area contributed by atoms with Crippen molar-refractivity contribution >= 4 is 46.6 Å². The maximum atomic E-state index is 15.1. The van der Waals surface area contributed by atoms with E-state index in [1.54, 1.807) is 26.8 Å². The summed E-state index contributed by atoms with van der Waals surface area (Å²) in [6, 6.07) is 7.60. The number of nitrogens with two attached hydrogens (primary N) is 1. The summed E-state index contributed by atoms with van der Waals surface area (Å²) >= 11 is 5.27. The Balaban J connectivity index is 1.23. The van der Waals surface area contributed by atoms with Gasteiger partial charge in [0.15, 0.2) is 22.5 Å². The number of aromatic nitrogens is 3. The van der Waals surface area contributed by atoms with Crippen LogP contribution in [0.3, 0.4) is 0 Å². The molecule has 9 nitrogen and oxygen atoms in total. The lowest BCUT2D eigenvalue weighted by molar-refractivity contribution is -0.121. The van der Waals surface area contributed by atoms with Crippen LogP contribution in [0, 0.1) is 24.4 Å². The van der Waals surface area contributed by atoms with E-state index in [0.29, 0.717) is 28.0 Å². The van der Waals surface area contributed by atoms with Crippen molar-refractivity contribution in [3.8, 4) is 17.3 Å². The summed E-state index contributed by atoms with van der Waals surface area (Å²) in [6.07, 6.45) is 4.43. The van der Waals surface area contributed by atoms with Gasteiger partial charge in [-0.1, -0.05) is 6.07 Å². The van der Waals surface area contributed by atoms with Crippen molar-refractivity contribution in [3.05, 3.63) is 94.1 Å². The second-order valence-electron chi connectivity index (χ2n) is 10.7. The number of ether oxygens (including phenoxy) is 1. The number of nitrogen functional groups attached to an aromatic ring is 1. The number of pyridine rings is 1. The zero-order chi connectivity index (χ0) is 30.8. The van der Waals surface area contributed by atoms with E-state index in [1.165, 1.54) is 41.3 Å². The number of carbonyl (C=O) groups excluding carboxylic acids is 2. The third-order valence-electron chi connectivity index (χ3n) is 7.28. The van der Waals surface area contributed by atoms with Crippen LogP contribution in [0.25, 0.3) is 11.8 Å². The van der Waals surface area contributed by atoms with Crippen LogP contribution < -0.4 is 20.7 Å². The minimum atomic E-state index is -0.974. The Labute approximate surface area is 248 Å². The molecule has 1 aliphatic heterocycles. The highest BCUT2D eigenvalue weighted by atomic mass is 32.1. The Hall–Kier alpha value is -5.04. The molecule has 0 saturated carbocycles. The first-order chi connectivity index (χ1) is 20.4. The molecule has 2 aromatic heterocycles. The summed E-state index contributed by atoms with van der Waals surface area (Å²) in [5, 5.41) is 7.24. The average molecular weight is 605 g/mol. The summed E-state index contributed by atoms with van der Waals surface area (Å²) in [6.45, 7) is 5.00. The van der Waals surface area contributed by atoms with Crippen molar-refractivity contribution in [2.24, 2.45) is 0 Å².